The van der Waals surface area contributed by atoms with Crippen LogP contribution in [0.15, 0.2) is 48.9 Å². The van der Waals surface area contributed by atoms with Crippen LogP contribution in [0.1, 0.15) is 23.6 Å². The lowest BCUT2D eigenvalue weighted by molar-refractivity contribution is 0.711. The van der Waals surface area contributed by atoms with Crippen molar-refractivity contribution in [3.63, 3.8) is 0 Å². The van der Waals surface area contributed by atoms with Crippen LogP contribution in [-0.2, 0) is 6.42 Å². The summed E-state index contributed by atoms with van der Waals surface area (Å²) in [6, 6.07) is 10.0. The lowest BCUT2D eigenvalue weighted by Gasteiger charge is -2.09. The second kappa shape index (κ2) is 5.40. The minimum atomic E-state index is 0.251. The van der Waals surface area contributed by atoms with Crippen LogP contribution in [0.5, 0.6) is 0 Å². The van der Waals surface area contributed by atoms with Gasteiger partial charge in [0.2, 0.25) is 0 Å². The fourth-order valence-corrected chi connectivity index (χ4v) is 1.65. The minimum Gasteiger partial charge on any atom is -0.264 e. The van der Waals surface area contributed by atoms with Gasteiger partial charge in [0.25, 0.3) is 0 Å². The van der Waals surface area contributed by atoms with E-state index in [1.54, 1.807) is 6.20 Å². The van der Waals surface area contributed by atoms with Gasteiger partial charge in [-0.15, -0.1) is 0 Å². The molecule has 0 spiro atoms. The Morgan fingerprint density at radius 3 is 2.75 bits per heavy atom. The zero-order valence-corrected chi connectivity index (χ0v) is 9.21. The molecule has 2 rings (SSSR count). The van der Waals surface area contributed by atoms with E-state index in [0.717, 1.165) is 18.5 Å². The molecule has 0 aromatic carbocycles. The summed E-state index contributed by atoms with van der Waals surface area (Å²) in [4.78, 5) is 8.41. The SMILES string of the molecule is [CH2]C(CCc1cccnc1)c1ccccn1. The van der Waals surface area contributed by atoms with E-state index < -0.39 is 0 Å². The Bertz CT molecular complexity index is 411. The Morgan fingerprint density at radius 2 is 2.06 bits per heavy atom. The highest BCUT2D eigenvalue weighted by atomic mass is 14.7. The quantitative estimate of drug-likeness (QED) is 0.776. The molecule has 0 aliphatic carbocycles. The maximum atomic E-state index is 4.31. The highest BCUT2D eigenvalue weighted by Gasteiger charge is 2.06. The largest absolute Gasteiger partial charge is 0.264 e. The smallest absolute Gasteiger partial charge is 0.0434 e. The molecule has 2 heterocycles. The molecule has 0 N–H and O–H groups in total. The molecule has 0 aliphatic heterocycles. The second-order valence-electron chi connectivity index (χ2n) is 3.85. The molecule has 0 amide bonds. The zero-order chi connectivity index (χ0) is 11.2. The van der Waals surface area contributed by atoms with E-state index in [1.165, 1.54) is 5.56 Å². The van der Waals surface area contributed by atoms with Gasteiger partial charge in [-0.1, -0.05) is 12.1 Å². The van der Waals surface area contributed by atoms with Crippen LogP contribution >= 0.6 is 0 Å². The van der Waals surface area contributed by atoms with Gasteiger partial charge < -0.3 is 0 Å². The first-order valence-electron chi connectivity index (χ1n) is 5.49. The van der Waals surface area contributed by atoms with Crippen molar-refractivity contribution < 1.29 is 0 Å². The summed E-state index contributed by atoms with van der Waals surface area (Å²) in [6.45, 7) is 4.14. The van der Waals surface area contributed by atoms with Crippen molar-refractivity contribution in [1.29, 1.82) is 0 Å². The average Bonchev–Trinajstić information content (AvgIpc) is 2.38. The van der Waals surface area contributed by atoms with Gasteiger partial charge in [0.05, 0.1) is 0 Å². The van der Waals surface area contributed by atoms with Gasteiger partial charge in [-0.2, -0.15) is 0 Å². The van der Waals surface area contributed by atoms with E-state index >= 15 is 0 Å². The Kier molecular flexibility index (Phi) is 3.65. The van der Waals surface area contributed by atoms with Gasteiger partial charge in [-0.25, -0.2) is 0 Å². The zero-order valence-electron chi connectivity index (χ0n) is 9.21. The number of aryl methyl sites for hydroxylation is 1. The van der Waals surface area contributed by atoms with E-state index in [1.807, 2.05) is 36.7 Å². The van der Waals surface area contributed by atoms with Crippen LogP contribution in [0.3, 0.4) is 0 Å². The van der Waals surface area contributed by atoms with Gasteiger partial charge in [-0.3, -0.25) is 9.97 Å². The first-order valence-corrected chi connectivity index (χ1v) is 5.49. The Morgan fingerprint density at radius 1 is 1.12 bits per heavy atom. The van der Waals surface area contributed by atoms with Crippen LogP contribution in [0.4, 0.5) is 0 Å². The van der Waals surface area contributed by atoms with E-state index in [-0.39, 0.29) is 5.92 Å². The molecular formula is C14H15N2. The highest BCUT2D eigenvalue weighted by molar-refractivity contribution is 5.13. The van der Waals surface area contributed by atoms with Crippen molar-refractivity contribution in [3.05, 3.63) is 67.1 Å². The van der Waals surface area contributed by atoms with Gasteiger partial charge in [0.15, 0.2) is 0 Å². The van der Waals surface area contributed by atoms with E-state index in [0.29, 0.717) is 0 Å². The molecule has 0 aliphatic rings. The molecule has 0 fully saturated rings. The molecule has 81 valence electrons. The molecule has 16 heavy (non-hydrogen) atoms. The lowest BCUT2D eigenvalue weighted by Crippen LogP contribution is -1.99. The molecule has 2 aromatic heterocycles. The monoisotopic (exact) mass is 211 g/mol. The molecule has 1 unspecified atom stereocenters. The third kappa shape index (κ3) is 2.89. The van der Waals surface area contributed by atoms with E-state index in [4.69, 9.17) is 0 Å². The molecule has 0 saturated carbocycles. The Balaban J connectivity index is 1.92. The van der Waals surface area contributed by atoms with Gasteiger partial charge in [-0.05, 0) is 43.5 Å². The summed E-state index contributed by atoms with van der Waals surface area (Å²) in [5.41, 5.74) is 2.32. The minimum absolute atomic E-state index is 0.251. The third-order valence-corrected chi connectivity index (χ3v) is 2.61. The predicted octanol–water partition coefficient (Wildman–Crippen LogP) is 3.03. The molecule has 1 atom stereocenters. The summed E-state index contributed by atoms with van der Waals surface area (Å²) in [5.74, 6) is 0.251. The lowest BCUT2D eigenvalue weighted by atomic mass is 9.98. The van der Waals surface area contributed by atoms with Crippen molar-refractivity contribution in [3.8, 4) is 0 Å². The summed E-state index contributed by atoms with van der Waals surface area (Å²) < 4.78 is 0. The van der Waals surface area contributed by atoms with Crippen molar-refractivity contribution in [2.24, 2.45) is 0 Å². The number of rotatable bonds is 4. The summed E-state index contributed by atoms with van der Waals surface area (Å²) in [7, 11) is 0. The van der Waals surface area contributed by atoms with Crippen LogP contribution < -0.4 is 0 Å². The van der Waals surface area contributed by atoms with Crippen molar-refractivity contribution in [2.45, 2.75) is 18.8 Å². The maximum Gasteiger partial charge on any atom is 0.0434 e. The number of nitrogens with zero attached hydrogens (tertiary/aromatic N) is 2. The van der Waals surface area contributed by atoms with Gasteiger partial charge in [0.1, 0.15) is 0 Å². The molecule has 2 aromatic rings. The number of hydrogen-bond acceptors (Lipinski definition) is 2. The average molecular weight is 211 g/mol. The molecule has 0 bridgehead atoms. The summed E-state index contributed by atoms with van der Waals surface area (Å²) in [5, 5.41) is 0. The van der Waals surface area contributed by atoms with Crippen LogP contribution in [0.2, 0.25) is 0 Å². The maximum absolute atomic E-state index is 4.31. The van der Waals surface area contributed by atoms with Gasteiger partial charge >= 0.3 is 0 Å². The molecule has 2 heteroatoms. The number of aromatic nitrogens is 2. The summed E-state index contributed by atoms with van der Waals surface area (Å²) >= 11 is 0. The molecule has 1 radical (unpaired) electrons. The van der Waals surface area contributed by atoms with Crippen LogP contribution in [-0.4, -0.2) is 9.97 Å². The van der Waals surface area contributed by atoms with Crippen LogP contribution in [0.25, 0.3) is 0 Å². The highest BCUT2D eigenvalue weighted by Crippen LogP contribution is 2.17. The molecular weight excluding hydrogens is 196 g/mol. The normalized spacial score (nSPS) is 12.3. The fraction of sp³-hybridized carbons (Fsp3) is 0.214. The summed E-state index contributed by atoms with van der Waals surface area (Å²) in [6.07, 6.45) is 7.52. The number of pyridine rings is 2. The van der Waals surface area contributed by atoms with Crippen molar-refractivity contribution in [2.75, 3.05) is 0 Å². The fourth-order valence-electron chi connectivity index (χ4n) is 1.65. The second-order valence-corrected chi connectivity index (χ2v) is 3.85. The van der Waals surface area contributed by atoms with E-state index in [2.05, 4.69) is 23.0 Å². The Hall–Kier alpha value is -1.70. The Labute approximate surface area is 96.4 Å². The predicted molar refractivity (Wildman–Crippen MR) is 64.9 cm³/mol. The first-order chi connectivity index (χ1) is 7.86. The molecule has 0 saturated heterocycles. The molecule has 2 nitrogen and oxygen atoms in total. The standard InChI is InChI=1S/C14H15N2/c1-12(14-6-2-3-10-16-14)7-8-13-5-4-9-15-11-13/h2-6,9-12H,1,7-8H2. The van der Waals surface area contributed by atoms with E-state index in [9.17, 15) is 0 Å². The first kappa shape index (κ1) is 10.8. The van der Waals surface area contributed by atoms with Gasteiger partial charge in [0, 0.05) is 30.2 Å². The van der Waals surface area contributed by atoms with Crippen molar-refractivity contribution in [1.82, 2.24) is 9.97 Å². The van der Waals surface area contributed by atoms with Crippen molar-refractivity contribution >= 4 is 0 Å². The number of hydrogen-bond donors (Lipinski definition) is 0. The third-order valence-electron chi connectivity index (χ3n) is 2.61. The topological polar surface area (TPSA) is 25.8 Å². The van der Waals surface area contributed by atoms with Crippen LogP contribution in [0, 0.1) is 6.92 Å².